The van der Waals surface area contributed by atoms with Crippen LogP contribution in [-0.4, -0.2) is 184 Å². The zero-order valence-electron chi connectivity index (χ0n) is 61.1. The number of phenolic OH excluding ortho intramolecular Hbond substituents is 1. The van der Waals surface area contributed by atoms with Crippen LogP contribution in [0.3, 0.4) is 0 Å². The summed E-state index contributed by atoms with van der Waals surface area (Å²) in [5.41, 5.74) is 31.0. The Hall–Kier alpha value is -10.2. The number of para-hydroxylation sites is 1. The van der Waals surface area contributed by atoms with Crippen molar-refractivity contribution < 1.29 is 67.7 Å². The van der Waals surface area contributed by atoms with Crippen LogP contribution in [0.1, 0.15) is 137 Å². The number of aromatic nitrogens is 1. The van der Waals surface area contributed by atoms with Gasteiger partial charge < -0.3 is 102 Å². The molecule has 0 fully saturated rings. The second kappa shape index (κ2) is 43.0. The lowest BCUT2D eigenvalue weighted by Crippen LogP contribution is -2.61. The van der Waals surface area contributed by atoms with Crippen molar-refractivity contribution in [3.8, 4) is 5.75 Å². The summed E-state index contributed by atoms with van der Waals surface area (Å²) in [5.74, 6) is -10.5. The molecule has 104 heavy (non-hydrogen) atoms. The molecule has 572 valence electrons. The van der Waals surface area contributed by atoms with E-state index < -0.39 is 149 Å². The Kier molecular flexibility index (Phi) is 35.7. The molecule has 0 aliphatic rings. The monoisotopic (exact) mass is 1450 g/mol. The van der Waals surface area contributed by atoms with E-state index >= 15 is 0 Å². The van der Waals surface area contributed by atoms with Crippen molar-refractivity contribution in [1.82, 2.24) is 63.5 Å². The van der Waals surface area contributed by atoms with Crippen molar-refractivity contribution in [3.63, 3.8) is 0 Å². The molecule has 32 nitrogen and oxygen atoms in total. The highest BCUT2D eigenvalue weighted by molar-refractivity contribution is 6.00. The molecule has 4 aromatic rings. The number of carbonyl (C=O) groups is 12. The number of hydrogen-bond acceptors (Lipinski definition) is 17. The van der Waals surface area contributed by atoms with Crippen LogP contribution in [0.4, 0.5) is 0 Å². The van der Waals surface area contributed by atoms with Crippen LogP contribution in [0.25, 0.3) is 10.9 Å². The lowest BCUT2D eigenvalue weighted by molar-refractivity contribution is -0.136. The number of rotatable bonds is 44. The van der Waals surface area contributed by atoms with E-state index in [1.54, 1.807) is 50.4 Å². The maximum Gasteiger partial charge on any atom is 0.243 e. The first-order valence-electron chi connectivity index (χ1n) is 35.3. The predicted octanol–water partition coefficient (Wildman–Crippen LogP) is -1.19. The van der Waals surface area contributed by atoms with Crippen molar-refractivity contribution in [1.29, 1.82) is 0 Å². The van der Waals surface area contributed by atoms with E-state index in [0.29, 0.717) is 29.5 Å². The van der Waals surface area contributed by atoms with Gasteiger partial charge in [-0.1, -0.05) is 102 Å². The number of primary amides is 1. The van der Waals surface area contributed by atoms with E-state index in [2.05, 4.69) is 68.5 Å². The second-order valence-electron chi connectivity index (χ2n) is 27.6. The van der Waals surface area contributed by atoms with Gasteiger partial charge in [-0.2, -0.15) is 0 Å². The van der Waals surface area contributed by atoms with Gasteiger partial charge >= 0.3 is 0 Å². The Labute approximate surface area is 607 Å². The summed E-state index contributed by atoms with van der Waals surface area (Å²) in [4.78, 5) is 175. The number of aromatic hydroxyl groups is 1. The summed E-state index contributed by atoms with van der Waals surface area (Å²) in [6, 6.07) is 6.18. The van der Waals surface area contributed by atoms with E-state index in [-0.39, 0.29) is 100 Å². The molecule has 12 amide bonds. The molecule has 1 aromatic heterocycles. The number of amides is 12. The van der Waals surface area contributed by atoms with Crippen LogP contribution < -0.4 is 87.2 Å². The minimum Gasteiger partial charge on any atom is -0.508 e. The third-order valence-electron chi connectivity index (χ3n) is 16.9. The topological polar surface area (TPSA) is 536 Å². The number of fused-ring (bicyclic) bond motifs is 1. The zero-order chi connectivity index (χ0) is 77.5. The number of aliphatic hydroxyl groups is 1. The van der Waals surface area contributed by atoms with E-state index in [0.717, 1.165) is 10.9 Å². The Bertz CT molecular complexity index is 3550. The third-order valence-corrected chi connectivity index (χ3v) is 16.9. The number of hydrogen-bond donors (Lipinski definition) is 19. The van der Waals surface area contributed by atoms with Crippen molar-refractivity contribution in [2.24, 2.45) is 51.4 Å². The molecule has 0 unspecified atom stereocenters. The molecule has 0 saturated heterocycles. The Morgan fingerprint density at radius 3 is 1.27 bits per heavy atom. The van der Waals surface area contributed by atoms with Crippen LogP contribution in [-0.2, 0) is 76.8 Å². The number of benzene rings is 3. The van der Waals surface area contributed by atoms with Gasteiger partial charge in [0.2, 0.25) is 70.9 Å². The molecule has 3 aromatic carbocycles. The SMILES string of the molecule is CC(C)C[C@H](NC(=O)[C@H](CCCCN)NC(=O)[C@H](CC(C)C)NC(=O)[C@H](CC(C)C)NC(=O)[C@H](Cc1ccccc1)NC(=O)[C@H](Cc1ccc(O)cc1)NC(=O)[C@H](C)NC(=O)[C@@H](N)[C@@H](C)O)C(=O)N[C@@H](C)C(=O)N[C@@H](C)C(=O)N[C@@H](CCCN=C(N)N)C(=O)N[C@@H](Cc1c[nH]c2ccccc12)C(N)=O. The van der Waals surface area contributed by atoms with Crippen molar-refractivity contribution >= 4 is 87.7 Å². The number of unbranched alkanes of at least 4 members (excludes halogenated alkanes) is 1. The summed E-state index contributed by atoms with van der Waals surface area (Å²) in [6.45, 7) is 16.5. The van der Waals surface area contributed by atoms with Crippen LogP contribution in [0.2, 0.25) is 0 Å². The molecule has 4 rings (SSSR count). The number of aliphatic imine (C=N–C) groups is 1. The van der Waals surface area contributed by atoms with E-state index in [9.17, 15) is 67.7 Å². The van der Waals surface area contributed by atoms with Crippen LogP contribution in [0.15, 0.2) is 90.1 Å². The quantitative estimate of drug-likeness (QED) is 0.0141. The number of aromatic amines is 1. The first-order chi connectivity index (χ1) is 49.1. The Morgan fingerprint density at radius 2 is 0.798 bits per heavy atom. The van der Waals surface area contributed by atoms with E-state index in [1.165, 1.54) is 52.0 Å². The predicted molar refractivity (Wildman–Crippen MR) is 392 cm³/mol. The van der Waals surface area contributed by atoms with Gasteiger partial charge in [-0.05, 0) is 138 Å². The molecule has 0 saturated carbocycles. The zero-order valence-corrected chi connectivity index (χ0v) is 61.1. The Balaban J connectivity index is 1.52. The van der Waals surface area contributed by atoms with Crippen molar-refractivity contribution in [2.45, 2.75) is 218 Å². The minimum absolute atomic E-state index is 0.00475. The van der Waals surface area contributed by atoms with Crippen molar-refractivity contribution in [3.05, 3.63) is 102 Å². The second-order valence-corrected chi connectivity index (χ2v) is 27.6. The largest absolute Gasteiger partial charge is 0.508 e. The first-order valence-corrected chi connectivity index (χ1v) is 35.3. The minimum atomic E-state index is -1.39. The van der Waals surface area contributed by atoms with Gasteiger partial charge in [0.15, 0.2) is 5.96 Å². The number of carbonyl (C=O) groups excluding carboxylic acids is 12. The lowest BCUT2D eigenvalue weighted by atomic mass is 9.98. The molecule has 32 heteroatoms. The number of nitrogens with zero attached hydrogens (tertiary/aromatic N) is 1. The summed E-state index contributed by atoms with van der Waals surface area (Å²) >= 11 is 0. The summed E-state index contributed by atoms with van der Waals surface area (Å²) < 4.78 is 0. The fourth-order valence-corrected chi connectivity index (χ4v) is 11.1. The number of guanidine groups is 1. The number of aliphatic hydroxyl groups excluding tert-OH is 1. The molecule has 0 aliphatic heterocycles. The van der Waals surface area contributed by atoms with E-state index in [4.69, 9.17) is 28.7 Å². The normalized spacial score (nSPS) is 15.1. The highest BCUT2D eigenvalue weighted by Gasteiger charge is 2.37. The molecule has 0 aliphatic carbocycles. The average Bonchev–Trinajstić information content (AvgIpc) is 1.67. The maximum atomic E-state index is 14.7. The summed E-state index contributed by atoms with van der Waals surface area (Å²) in [5, 5.41) is 50.1. The molecule has 13 atom stereocenters. The molecule has 1 heterocycles. The first kappa shape index (κ1) is 86.2. The molecule has 0 bridgehead atoms. The molecule has 0 spiro atoms. The van der Waals surface area contributed by atoms with Gasteiger partial charge in [0.05, 0.1) is 6.10 Å². The number of nitrogens with two attached hydrogens (primary N) is 5. The van der Waals surface area contributed by atoms with Gasteiger partial charge in [-0.3, -0.25) is 62.5 Å². The van der Waals surface area contributed by atoms with Gasteiger partial charge in [0.25, 0.3) is 0 Å². The van der Waals surface area contributed by atoms with Gasteiger partial charge in [0, 0.05) is 42.9 Å². The van der Waals surface area contributed by atoms with Gasteiger partial charge in [0.1, 0.15) is 78.3 Å². The van der Waals surface area contributed by atoms with Crippen LogP contribution in [0, 0.1) is 17.8 Å². The number of H-pyrrole nitrogens is 1. The van der Waals surface area contributed by atoms with Crippen LogP contribution >= 0.6 is 0 Å². The maximum absolute atomic E-state index is 14.7. The summed E-state index contributed by atoms with van der Waals surface area (Å²) in [7, 11) is 0. The standard InChI is InChI=1S/C72H110N18O14/c1-38(2)31-54(66(99)81-41(7)61(94)80-42(8)62(95)83-52(24-18-30-78-72(76)77)64(97)85-53(60(75)93)36-47-37-79-50-22-15-14-21-49(47)50)87-65(98)51(23-16-17-29-73)84-67(100)55(32-39(3)4)88-68(101)56(33-40(5)6)89-70(103)58(34-45-19-12-11-13-20-45)90-69(102)57(35-46-25-27-48(92)28-26-46)86-63(96)43(9)82-71(104)59(74)44(10)91/h11-15,19-22,25-28,37-44,51-59,79,91-92H,16-18,23-24,29-36,73-74H2,1-10H3,(H2,75,93)(H,80,94)(H,81,99)(H,82,104)(H,83,95)(H,84,100)(H,85,97)(H,86,96)(H,87,98)(H,88,101)(H,89,103)(H,90,102)(H4,76,77,78)/t41-,42-,43-,44+,51-,52-,53-,54-,55-,56-,57-,58-,59-/m0/s1. The smallest absolute Gasteiger partial charge is 0.243 e. The van der Waals surface area contributed by atoms with Crippen LogP contribution in [0.5, 0.6) is 5.75 Å². The van der Waals surface area contributed by atoms with E-state index in [1.807, 2.05) is 52.0 Å². The third kappa shape index (κ3) is 29.6. The number of nitrogens with one attached hydrogen (secondary N) is 12. The molecule has 24 N–H and O–H groups in total. The molecular formula is C72H110N18O14. The summed E-state index contributed by atoms with van der Waals surface area (Å²) in [6.07, 6.45) is 1.39. The highest BCUT2D eigenvalue weighted by Crippen LogP contribution is 2.21. The van der Waals surface area contributed by atoms with Crippen molar-refractivity contribution in [2.75, 3.05) is 13.1 Å². The fraction of sp³-hybridized carbons (Fsp3) is 0.542. The fourth-order valence-electron chi connectivity index (χ4n) is 11.1. The number of phenols is 1. The highest BCUT2D eigenvalue weighted by atomic mass is 16.3. The Morgan fingerprint density at radius 1 is 0.423 bits per heavy atom. The lowest BCUT2D eigenvalue weighted by Gasteiger charge is -2.29. The van der Waals surface area contributed by atoms with Gasteiger partial charge in [-0.25, -0.2) is 0 Å². The van der Waals surface area contributed by atoms with Gasteiger partial charge in [-0.15, -0.1) is 0 Å². The molecule has 0 radical (unpaired) electrons. The molecular weight excluding hydrogens is 1340 g/mol. The average molecular weight is 1450 g/mol.